The van der Waals surface area contributed by atoms with Gasteiger partial charge in [-0.3, -0.25) is 0 Å². The molecule has 0 saturated carbocycles. The van der Waals surface area contributed by atoms with Crippen LogP contribution in [-0.4, -0.2) is 46.4 Å². The van der Waals surface area contributed by atoms with Crippen LogP contribution in [0.3, 0.4) is 0 Å². The van der Waals surface area contributed by atoms with Crippen LogP contribution in [0.15, 0.2) is 58.3 Å². The van der Waals surface area contributed by atoms with E-state index in [1.165, 1.54) is 48.5 Å². The van der Waals surface area contributed by atoms with E-state index < -0.39 is 20.0 Å². The number of rotatable bonds is 4. The molecule has 1 N–H and O–H groups in total. The summed E-state index contributed by atoms with van der Waals surface area (Å²) in [5.74, 6) is 0. The SMILES string of the molecule is O=S(=O)(NS(=O)(=O)c1ccc(Cl)cc1)c1ccc(Cl)cc1.[Na]. The molecule has 2 aromatic carbocycles. The zero-order valence-electron chi connectivity index (χ0n) is 11.3. The molecular weight excluding hydrogens is 380 g/mol. The molecule has 22 heavy (non-hydrogen) atoms. The Labute approximate surface area is 161 Å². The maximum Gasteiger partial charge on any atom is 0.253 e. The summed E-state index contributed by atoms with van der Waals surface area (Å²) >= 11 is 11.3. The Bertz CT molecular complexity index is 778. The first-order chi connectivity index (χ1) is 9.71. The summed E-state index contributed by atoms with van der Waals surface area (Å²) < 4.78 is 49.8. The molecule has 0 aromatic heterocycles. The van der Waals surface area contributed by atoms with E-state index in [1.807, 2.05) is 0 Å². The number of nitrogens with one attached hydrogen (secondary N) is 1. The van der Waals surface area contributed by atoms with Crippen molar-refractivity contribution in [3.63, 3.8) is 0 Å². The van der Waals surface area contributed by atoms with Crippen LogP contribution in [0.25, 0.3) is 0 Å². The summed E-state index contributed by atoms with van der Waals surface area (Å²) in [7, 11) is -8.45. The number of hydrogen-bond acceptors (Lipinski definition) is 4. The third-order valence-corrected chi connectivity index (χ3v) is 6.51. The molecule has 10 heteroatoms. The van der Waals surface area contributed by atoms with Crippen molar-refractivity contribution in [2.45, 2.75) is 9.79 Å². The molecule has 0 aliphatic carbocycles. The Hall–Kier alpha value is -0.120. The third-order valence-electron chi connectivity index (χ3n) is 2.47. The molecule has 5 nitrogen and oxygen atoms in total. The molecule has 0 amide bonds. The van der Waals surface area contributed by atoms with E-state index >= 15 is 0 Å². The van der Waals surface area contributed by atoms with Crippen LogP contribution >= 0.6 is 23.2 Å². The Kier molecular flexibility index (Phi) is 6.91. The maximum atomic E-state index is 12.0. The molecular formula is C12H9Cl2NNaO4S2. The Morgan fingerprint density at radius 1 is 0.636 bits per heavy atom. The predicted molar refractivity (Wildman–Crippen MR) is 86.2 cm³/mol. The van der Waals surface area contributed by atoms with Crippen molar-refractivity contribution in [3.8, 4) is 0 Å². The molecule has 1 radical (unpaired) electrons. The van der Waals surface area contributed by atoms with E-state index in [2.05, 4.69) is 0 Å². The third kappa shape index (κ3) is 4.94. The van der Waals surface area contributed by atoms with Crippen molar-refractivity contribution in [1.82, 2.24) is 4.13 Å². The minimum atomic E-state index is -4.22. The van der Waals surface area contributed by atoms with Crippen LogP contribution < -0.4 is 4.13 Å². The van der Waals surface area contributed by atoms with Gasteiger partial charge in [0.05, 0.1) is 9.79 Å². The first-order valence-electron chi connectivity index (χ1n) is 5.50. The predicted octanol–water partition coefficient (Wildman–Crippen LogP) is 2.28. The fourth-order valence-corrected chi connectivity index (χ4v) is 4.63. The largest absolute Gasteiger partial charge is 0.253 e. The minimum Gasteiger partial charge on any atom is -0.206 e. The number of halogens is 2. The van der Waals surface area contributed by atoms with E-state index in [1.54, 1.807) is 4.13 Å². The van der Waals surface area contributed by atoms with Crippen molar-refractivity contribution in [1.29, 1.82) is 0 Å². The van der Waals surface area contributed by atoms with E-state index in [9.17, 15) is 16.8 Å². The molecule has 0 unspecified atom stereocenters. The average Bonchev–Trinajstić information content (AvgIpc) is 2.38. The molecule has 0 spiro atoms. The summed E-state index contributed by atoms with van der Waals surface area (Å²) in [6.45, 7) is 0. The van der Waals surface area contributed by atoms with Gasteiger partial charge >= 0.3 is 0 Å². The van der Waals surface area contributed by atoms with Gasteiger partial charge in [0.25, 0.3) is 20.0 Å². The number of benzene rings is 2. The van der Waals surface area contributed by atoms with Gasteiger partial charge in [0.2, 0.25) is 0 Å². The van der Waals surface area contributed by atoms with Crippen LogP contribution in [0, 0.1) is 0 Å². The first-order valence-corrected chi connectivity index (χ1v) is 9.23. The molecule has 113 valence electrons. The van der Waals surface area contributed by atoms with Gasteiger partial charge in [-0.25, -0.2) is 16.8 Å². The van der Waals surface area contributed by atoms with Crippen molar-refractivity contribution < 1.29 is 16.8 Å². The van der Waals surface area contributed by atoms with Crippen molar-refractivity contribution in [3.05, 3.63) is 58.6 Å². The second-order valence-electron chi connectivity index (χ2n) is 4.00. The fourth-order valence-electron chi connectivity index (χ4n) is 1.47. The molecule has 0 bridgehead atoms. The summed E-state index contributed by atoms with van der Waals surface area (Å²) in [5, 5.41) is 0.684. The summed E-state index contributed by atoms with van der Waals surface area (Å²) in [6.07, 6.45) is 0. The van der Waals surface area contributed by atoms with Gasteiger partial charge in [0, 0.05) is 39.6 Å². The molecule has 0 aliphatic rings. The van der Waals surface area contributed by atoms with Crippen molar-refractivity contribution in [2.24, 2.45) is 0 Å². The maximum absolute atomic E-state index is 12.0. The van der Waals surface area contributed by atoms with Crippen LogP contribution in [0.4, 0.5) is 0 Å². The molecule has 2 aromatic rings. The van der Waals surface area contributed by atoms with E-state index in [0.29, 0.717) is 10.0 Å². The Balaban J connectivity index is 0.00000242. The van der Waals surface area contributed by atoms with Crippen molar-refractivity contribution >= 4 is 72.8 Å². The molecule has 2 rings (SSSR count). The first kappa shape index (κ1) is 19.9. The quantitative estimate of drug-likeness (QED) is 0.814. The number of hydrogen-bond donors (Lipinski definition) is 1. The summed E-state index contributed by atoms with van der Waals surface area (Å²) in [5.41, 5.74) is 0. The Morgan fingerprint density at radius 2 is 0.909 bits per heavy atom. The van der Waals surface area contributed by atoms with Crippen molar-refractivity contribution in [2.75, 3.05) is 0 Å². The second kappa shape index (κ2) is 7.63. The Morgan fingerprint density at radius 3 is 1.18 bits per heavy atom. The van der Waals surface area contributed by atoms with Crippen LogP contribution in [-0.2, 0) is 20.0 Å². The van der Waals surface area contributed by atoms with Gasteiger partial charge in [-0.15, -0.1) is 4.13 Å². The standard InChI is InChI=1S/C12H9Cl2NO4S2.Na/c13-9-1-5-11(6-2-9)20(16,17)15-21(18,19)12-7-3-10(14)4-8-12;/h1-8,15H;. The van der Waals surface area contributed by atoms with E-state index in [4.69, 9.17) is 23.2 Å². The zero-order valence-corrected chi connectivity index (χ0v) is 16.5. The minimum absolute atomic E-state index is 0. The fraction of sp³-hybridized carbons (Fsp3) is 0. The van der Waals surface area contributed by atoms with Crippen LogP contribution in [0.5, 0.6) is 0 Å². The smallest absolute Gasteiger partial charge is 0.206 e. The van der Waals surface area contributed by atoms with E-state index in [-0.39, 0.29) is 39.3 Å². The van der Waals surface area contributed by atoms with Gasteiger partial charge < -0.3 is 0 Å². The molecule has 0 saturated heterocycles. The van der Waals surface area contributed by atoms with E-state index in [0.717, 1.165) is 0 Å². The van der Waals surface area contributed by atoms with Gasteiger partial charge in [-0.1, -0.05) is 23.2 Å². The van der Waals surface area contributed by atoms with Gasteiger partial charge in [0.15, 0.2) is 0 Å². The van der Waals surface area contributed by atoms with Crippen LogP contribution in [0.2, 0.25) is 10.0 Å². The topological polar surface area (TPSA) is 80.3 Å². The zero-order chi connectivity index (χ0) is 15.7. The molecule has 0 heterocycles. The normalized spacial score (nSPS) is 11.7. The molecule has 0 fully saturated rings. The molecule has 0 aliphatic heterocycles. The van der Waals surface area contributed by atoms with Gasteiger partial charge in [-0.2, -0.15) is 0 Å². The van der Waals surface area contributed by atoms with Gasteiger partial charge in [-0.05, 0) is 48.5 Å². The monoisotopic (exact) mass is 388 g/mol. The summed E-state index contributed by atoms with van der Waals surface area (Å²) in [6, 6.07) is 10.3. The van der Waals surface area contributed by atoms with Gasteiger partial charge in [0.1, 0.15) is 0 Å². The average molecular weight is 389 g/mol. The molecule has 0 atom stereocenters. The number of sulfonamides is 2. The second-order valence-corrected chi connectivity index (χ2v) is 8.49. The summed E-state index contributed by atoms with van der Waals surface area (Å²) in [4.78, 5) is -0.408. The van der Waals surface area contributed by atoms with Crippen LogP contribution in [0.1, 0.15) is 0 Å².